The number of carbonyl (C=O) groups excluding carboxylic acids is 1. The minimum atomic E-state index is -0.458. The molecule has 1 heterocycles. The van der Waals surface area contributed by atoms with Gasteiger partial charge in [0, 0.05) is 23.5 Å². The number of hydrogen-bond acceptors (Lipinski definition) is 3. The van der Waals surface area contributed by atoms with Crippen LogP contribution < -0.4 is 10.1 Å². The van der Waals surface area contributed by atoms with Gasteiger partial charge >= 0.3 is 0 Å². The Bertz CT molecular complexity index is 822. The Kier molecular flexibility index (Phi) is 4.29. The average Bonchev–Trinajstić information content (AvgIpc) is 2.56. The molecule has 5 heteroatoms. The van der Waals surface area contributed by atoms with Gasteiger partial charge in [0.1, 0.15) is 11.6 Å². The van der Waals surface area contributed by atoms with Gasteiger partial charge in [0.2, 0.25) is 5.88 Å². The first kappa shape index (κ1) is 14.7. The first-order valence-electron chi connectivity index (χ1n) is 6.96. The molecule has 0 aliphatic carbocycles. The lowest BCUT2D eigenvalue weighted by molar-refractivity contribution is 0.102. The van der Waals surface area contributed by atoms with Crippen molar-refractivity contribution in [1.29, 1.82) is 0 Å². The number of pyridine rings is 1. The molecular formula is C18H13FN2O2. The van der Waals surface area contributed by atoms with Gasteiger partial charge in [-0.05, 0) is 36.4 Å². The second-order valence-electron chi connectivity index (χ2n) is 4.76. The summed E-state index contributed by atoms with van der Waals surface area (Å²) < 4.78 is 18.8. The molecule has 0 radical (unpaired) electrons. The number of benzene rings is 2. The molecule has 23 heavy (non-hydrogen) atoms. The molecule has 2 aromatic carbocycles. The second kappa shape index (κ2) is 6.70. The van der Waals surface area contributed by atoms with E-state index in [1.165, 1.54) is 24.4 Å². The van der Waals surface area contributed by atoms with Crippen LogP contribution in [-0.2, 0) is 0 Å². The first-order valence-corrected chi connectivity index (χ1v) is 6.96. The summed E-state index contributed by atoms with van der Waals surface area (Å²) >= 11 is 0. The van der Waals surface area contributed by atoms with E-state index in [0.717, 1.165) is 0 Å². The molecule has 4 nitrogen and oxygen atoms in total. The molecule has 114 valence electrons. The largest absolute Gasteiger partial charge is 0.439 e. The predicted octanol–water partition coefficient (Wildman–Crippen LogP) is 4.27. The lowest BCUT2D eigenvalue weighted by atomic mass is 10.2. The fourth-order valence-corrected chi connectivity index (χ4v) is 1.99. The summed E-state index contributed by atoms with van der Waals surface area (Å²) in [6.07, 6.45) is 1.53. The molecule has 0 saturated heterocycles. The number of carbonyl (C=O) groups is 1. The van der Waals surface area contributed by atoms with E-state index < -0.39 is 11.7 Å². The highest BCUT2D eigenvalue weighted by Gasteiger charge is 2.08. The topological polar surface area (TPSA) is 51.2 Å². The Morgan fingerprint density at radius 3 is 2.61 bits per heavy atom. The van der Waals surface area contributed by atoms with Crippen molar-refractivity contribution < 1.29 is 13.9 Å². The van der Waals surface area contributed by atoms with Crippen molar-refractivity contribution in [2.24, 2.45) is 0 Å². The molecule has 0 fully saturated rings. The summed E-state index contributed by atoms with van der Waals surface area (Å²) in [6.45, 7) is 0. The van der Waals surface area contributed by atoms with Crippen molar-refractivity contribution in [2.45, 2.75) is 0 Å². The summed E-state index contributed by atoms with van der Waals surface area (Å²) in [4.78, 5) is 16.2. The van der Waals surface area contributed by atoms with Crippen LogP contribution in [0.4, 0.5) is 10.1 Å². The van der Waals surface area contributed by atoms with E-state index in [2.05, 4.69) is 10.3 Å². The third kappa shape index (κ3) is 3.91. The minimum Gasteiger partial charge on any atom is -0.439 e. The standard InChI is InChI=1S/C18H13FN2O2/c19-14-6-4-5-13(11-14)18(22)21-15-9-10-20-17(12-15)23-16-7-2-1-3-8-16/h1-12H,(H,20,21,22). The summed E-state index contributed by atoms with van der Waals surface area (Å²) in [5.74, 6) is 0.142. The SMILES string of the molecule is O=C(Nc1ccnc(Oc2ccccc2)c1)c1cccc(F)c1. The number of anilines is 1. The van der Waals surface area contributed by atoms with Crippen LogP contribution in [0.1, 0.15) is 10.4 Å². The number of amides is 1. The lowest BCUT2D eigenvalue weighted by Crippen LogP contribution is -2.12. The fraction of sp³-hybridized carbons (Fsp3) is 0. The Morgan fingerprint density at radius 2 is 1.83 bits per heavy atom. The maximum absolute atomic E-state index is 13.2. The number of ether oxygens (including phenoxy) is 1. The van der Waals surface area contributed by atoms with Crippen LogP contribution in [0.2, 0.25) is 0 Å². The molecular weight excluding hydrogens is 295 g/mol. The zero-order valence-electron chi connectivity index (χ0n) is 12.1. The van der Waals surface area contributed by atoms with Gasteiger partial charge in [-0.15, -0.1) is 0 Å². The fourth-order valence-electron chi connectivity index (χ4n) is 1.99. The van der Waals surface area contributed by atoms with Crippen LogP contribution in [0.25, 0.3) is 0 Å². The third-order valence-electron chi connectivity index (χ3n) is 3.05. The number of aromatic nitrogens is 1. The van der Waals surface area contributed by atoms with Crippen LogP contribution in [0, 0.1) is 5.82 Å². The normalized spacial score (nSPS) is 10.1. The number of para-hydroxylation sites is 1. The zero-order chi connectivity index (χ0) is 16.1. The Balaban J connectivity index is 1.74. The van der Waals surface area contributed by atoms with Crippen LogP contribution in [0.3, 0.4) is 0 Å². The molecule has 0 spiro atoms. The maximum Gasteiger partial charge on any atom is 0.255 e. The summed E-state index contributed by atoms with van der Waals surface area (Å²) in [7, 11) is 0. The van der Waals surface area contributed by atoms with Crippen LogP contribution in [-0.4, -0.2) is 10.9 Å². The van der Waals surface area contributed by atoms with Gasteiger partial charge in [-0.2, -0.15) is 0 Å². The van der Waals surface area contributed by atoms with Gasteiger partial charge in [0.15, 0.2) is 0 Å². The van der Waals surface area contributed by atoms with Crippen LogP contribution >= 0.6 is 0 Å². The van der Waals surface area contributed by atoms with Crippen molar-refractivity contribution in [3.05, 3.63) is 84.3 Å². The molecule has 1 aromatic heterocycles. The molecule has 0 bridgehead atoms. The predicted molar refractivity (Wildman–Crippen MR) is 85.1 cm³/mol. The molecule has 0 aliphatic rings. The van der Waals surface area contributed by atoms with Crippen molar-refractivity contribution in [1.82, 2.24) is 4.98 Å². The average molecular weight is 308 g/mol. The number of halogens is 1. The van der Waals surface area contributed by atoms with Gasteiger partial charge in [0.25, 0.3) is 5.91 Å². The van der Waals surface area contributed by atoms with Crippen molar-refractivity contribution in [3.63, 3.8) is 0 Å². The molecule has 0 unspecified atom stereocenters. The highest BCUT2D eigenvalue weighted by molar-refractivity contribution is 6.04. The van der Waals surface area contributed by atoms with Crippen molar-refractivity contribution in [2.75, 3.05) is 5.32 Å². The number of nitrogens with one attached hydrogen (secondary N) is 1. The Hall–Kier alpha value is -3.21. The first-order chi connectivity index (χ1) is 11.2. The van der Waals surface area contributed by atoms with Gasteiger partial charge in [-0.25, -0.2) is 9.37 Å². The summed E-state index contributed by atoms with van der Waals surface area (Å²) in [5.41, 5.74) is 0.757. The smallest absolute Gasteiger partial charge is 0.255 e. The van der Waals surface area contributed by atoms with Gasteiger partial charge in [0.05, 0.1) is 0 Å². The lowest BCUT2D eigenvalue weighted by Gasteiger charge is -2.08. The molecule has 1 N–H and O–H groups in total. The molecule has 1 amide bonds. The minimum absolute atomic E-state index is 0.243. The molecule has 3 rings (SSSR count). The van der Waals surface area contributed by atoms with E-state index in [1.54, 1.807) is 30.3 Å². The van der Waals surface area contributed by atoms with E-state index in [0.29, 0.717) is 17.3 Å². The zero-order valence-corrected chi connectivity index (χ0v) is 12.1. The second-order valence-corrected chi connectivity index (χ2v) is 4.76. The summed E-state index contributed by atoms with van der Waals surface area (Å²) in [6, 6.07) is 17.9. The maximum atomic E-state index is 13.2. The molecule has 0 aliphatic heterocycles. The summed E-state index contributed by atoms with van der Waals surface area (Å²) in [5, 5.41) is 2.69. The van der Waals surface area contributed by atoms with E-state index in [4.69, 9.17) is 4.74 Å². The Labute approximate surface area is 132 Å². The molecule has 0 saturated carbocycles. The highest BCUT2D eigenvalue weighted by Crippen LogP contribution is 2.21. The number of nitrogens with zero attached hydrogens (tertiary/aromatic N) is 1. The van der Waals surface area contributed by atoms with Crippen LogP contribution in [0.5, 0.6) is 11.6 Å². The molecule has 0 atom stereocenters. The van der Waals surface area contributed by atoms with Crippen molar-refractivity contribution >= 4 is 11.6 Å². The van der Waals surface area contributed by atoms with E-state index in [9.17, 15) is 9.18 Å². The monoisotopic (exact) mass is 308 g/mol. The highest BCUT2D eigenvalue weighted by atomic mass is 19.1. The van der Waals surface area contributed by atoms with E-state index in [1.807, 2.05) is 18.2 Å². The Morgan fingerprint density at radius 1 is 1.00 bits per heavy atom. The van der Waals surface area contributed by atoms with Crippen LogP contribution in [0.15, 0.2) is 72.9 Å². The number of hydrogen-bond donors (Lipinski definition) is 1. The van der Waals surface area contributed by atoms with E-state index >= 15 is 0 Å². The quantitative estimate of drug-likeness (QED) is 0.783. The van der Waals surface area contributed by atoms with Crippen molar-refractivity contribution in [3.8, 4) is 11.6 Å². The molecule has 3 aromatic rings. The van der Waals surface area contributed by atoms with Gasteiger partial charge < -0.3 is 10.1 Å². The van der Waals surface area contributed by atoms with Gasteiger partial charge in [-0.3, -0.25) is 4.79 Å². The van der Waals surface area contributed by atoms with E-state index in [-0.39, 0.29) is 5.56 Å². The third-order valence-corrected chi connectivity index (χ3v) is 3.05. The van der Waals surface area contributed by atoms with Gasteiger partial charge in [-0.1, -0.05) is 24.3 Å². The number of rotatable bonds is 4.